The summed E-state index contributed by atoms with van der Waals surface area (Å²) >= 11 is 9.19. The van der Waals surface area contributed by atoms with Gasteiger partial charge in [0.2, 0.25) is 0 Å². The van der Waals surface area contributed by atoms with Gasteiger partial charge in [0, 0.05) is 21.0 Å². The predicted octanol–water partition coefficient (Wildman–Crippen LogP) is 3.71. The highest BCUT2D eigenvalue weighted by Gasteiger charge is 2.21. The fraction of sp³-hybridized carbons (Fsp3) is 0.400. The normalized spacial score (nSPS) is 15.2. The Morgan fingerprint density at radius 2 is 2.21 bits per heavy atom. The van der Waals surface area contributed by atoms with Crippen molar-refractivity contribution in [1.29, 1.82) is 0 Å². The van der Waals surface area contributed by atoms with Crippen molar-refractivity contribution in [1.82, 2.24) is 0 Å². The Bertz CT molecular complexity index is 299. The van der Waals surface area contributed by atoms with Crippen LogP contribution in [-0.4, -0.2) is 6.54 Å². The van der Waals surface area contributed by atoms with Gasteiger partial charge >= 0.3 is 0 Å². The summed E-state index contributed by atoms with van der Waals surface area (Å²) in [4.78, 5) is 0. The summed E-state index contributed by atoms with van der Waals surface area (Å²) < 4.78 is 14.5. The molecule has 0 aromatic heterocycles. The number of rotatable bonds is 3. The number of benzene rings is 1. The Hall–Kier alpha value is -0.120. The fourth-order valence-electron chi connectivity index (χ4n) is 1.18. The van der Waals surface area contributed by atoms with Crippen LogP contribution >= 0.6 is 27.5 Å². The highest BCUT2D eigenvalue weighted by atomic mass is 79.9. The van der Waals surface area contributed by atoms with Crippen molar-refractivity contribution in [2.45, 2.75) is 13.1 Å². The van der Waals surface area contributed by atoms with Crippen LogP contribution in [0.5, 0.6) is 0 Å². The van der Waals surface area contributed by atoms with Crippen molar-refractivity contribution in [2.75, 3.05) is 6.54 Å². The smallest absolute Gasteiger partial charge is 0.131 e. The van der Waals surface area contributed by atoms with Crippen LogP contribution in [0.2, 0.25) is 5.02 Å². The first-order valence-corrected chi connectivity index (χ1v) is 5.53. The lowest BCUT2D eigenvalue weighted by atomic mass is 9.99. The van der Waals surface area contributed by atoms with Gasteiger partial charge in [-0.15, -0.1) is 0 Å². The molecular weight excluding hydrogens is 268 g/mol. The number of halogens is 3. The first-order chi connectivity index (χ1) is 6.57. The Kier molecular flexibility index (Phi) is 4.35. The largest absolute Gasteiger partial charge is 0.330 e. The third kappa shape index (κ3) is 2.47. The van der Waals surface area contributed by atoms with Crippen LogP contribution in [0.1, 0.15) is 18.7 Å². The van der Waals surface area contributed by atoms with E-state index >= 15 is 0 Å². The molecule has 14 heavy (non-hydrogen) atoms. The van der Waals surface area contributed by atoms with Crippen LogP contribution in [-0.2, 0) is 0 Å². The number of hydrogen-bond donors (Lipinski definition) is 1. The molecule has 0 heterocycles. The second kappa shape index (κ2) is 5.10. The molecule has 0 bridgehead atoms. The molecule has 1 aromatic carbocycles. The molecule has 0 aliphatic rings. The van der Waals surface area contributed by atoms with Gasteiger partial charge in [0.25, 0.3) is 0 Å². The lowest BCUT2D eigenvalue weighted by Gasteiger charge is -2.17. The van der Waals surface area contributed by atoms with Crippen LogP contribution in [0.3, 0.4) is 0 Å². The van der Waals surface area contributed by atoms with Crippen LogP contribution < -0.4 is 5.73 Å². The molecule has 2 unspecified atom stereocenters. The Morgan fingerprint density at radius 1 is 1.57 bits per heavy atom. The van der Waals surface area contributed by atoms with E-state index in [1.54, 1.807) is 25.1 Å². The van der Waals surface area contributed by atoms with Gasteiger partial charge in [0.15, 0.2) is 0 Å². The Morgan fingerprint density at radius 3 is 2.71 bits per heavy atom. The average molecular weight is 281 g/mol. The van der Waals surface area contributed by atoms with Gasteiger partial charge in [-0.1, -0.05) is 40.5 Å². The monoisotopic (exact) mass is 279 g/mol. The maximum absolute atomic E-state index is 13.9. The van der Waals surface area contributed by atoms with E-state index in [1.807, 2.05) is 0 Å². The average Bonchev–Trinajstić information content (AvgIpc) is 2.16. The van der Waals surface area contributed by atoms with Crippen molar-refractivity contribution >= 4 is 27.5 Å². The summed E-state index contributed by atoms with van der Waals surface area (Å²) in [6, 6.07) is 5.23. The van der Waals surface area contributed by atoms with Gasteiger partial charge in [0.1, 0.15) is 6.17 Å². The molecule has 78 valence electrons. The zero-order chi connectivity index (χ0) is 10.7. The summed E-state index contributed by atoms with van der Waals surface area (Å²) in [5, 5.41) is 0.437. The molecule has 2 N–H and O–H groups in total. The molecular formula is C10H12BrClFN. The highest BCUT2D eigenvalue weighted by molar-refractivity contribution is 9.10. The first kappa shape index (κ1) is 12.0. The summed E-state index contributed by atoms with van der Waals surface area (Å²) in [5.41, 5.74) is 5.90. The minimum Gasteiger partial charge on any atom is -0.330 e. The molecule has 0 aliphatic carbocycles. The molecule has 2 atom stereocenters. The molecule has 0 aliphatic heterocycles. The number of nitrogens with two attached hydrogens (primary N) is 1. The zero-order valence-electron chi connectivity index (χ0n) is 7.81. The second-order valence-electron chi connectivity index (χ2n) is 3.25. The van der Waals surface area contributed by atoms with Crippen LogP contribution in [0.4, 0.5) is 4.39 Å². The molecule has 0 fully saturated rings. The van der Waals surface area contributed by atoms with Crippen LogP contribution in [0.25, 0.3) is 0 Å². The molecule has 1 nitrogen and oxygen atoms in total. The SMILES string of the molecule is CC(CN)C(F)c1c(Cl)cccc1Br. The molecule has 1 rings (SSSR count). The minimum atomic E-state index is -1.12. The summed E-state index contributed by atoms with van der Waals surface area (Å²) in [5.74, 6) is -0.230. The molecule has 0 amide bonds. The number of alkyl halides is 1. The lowest BCUT2D eigenvalue weighted by Crippen LogP contribution is -2.16. The van der Waals surface area contributed by atoms with E-state index in [4.69, 9.17) is 17.3 Å². The third-order valence-corrected chi connectivity index (χ3v) is 3.17. The second-order valence-corrected chi connectivity index (χ2v) is 4.51. The summed E-state index contributed by atoms with van der Waals surface area (Å²) in [6.45, 7) is 2.07. The molecule has 4 heteroatoms. The van der Waals surface area contributed by atoms with E-state index in [9.17, 15) is 4.39 Å². The topological polar surface area (TPSA) is 26.0 Å². The van der Waals surface area contributed by atoms with Crippen molar-refractivity contribution in [2.24, 2.45) is 11.7 Å². The van der Waals surface area contributed by atoms with E-state index in [-0.39, 0.29) is 5.92 Å². The van der Waals surface area contributed by atoms with Gasteiger partial charge in [0.05, 0.1) is 0 Å². The van der Waals surface area contributed by atoms with Crippen molar-refractivity contribution < 1.29 is 4.39 Å². The molecule has 0 saturated heterocycles. The van der Waals surface area contributed by atoms with E-state index in [0.29, 0.717) is 21.6 Å². The summed E-state index contributed by atoms with van der Waals surface area (Å²) in [7, 11) is 0. The van der Waals surface area contributed by atoms with Gasteiger partial charge in [-0.05, 0) is 18.7 Å². The van der Waals surface area contributed by atoms with Gasteiger partial charge in [-0.3, -0.25) is 0 Å². The minimum absolute atomic E-state index is 0.230. The van der Waals surface area contributed by atoms with Gasteiger partial charge in [-0.2, -0.15) is 0 Å². The highest BCUT2D eigenvalue weighted by Crippen LogP contribution is 2.36. The van der Waals surface area contributed by atoms with Crippen LogP contribution in [0, 0.1) is 5.92 Å². The standard InChI is InChI=1S/C10H12BrClFN/c1-6(5-14)10(13)9-7(11)3-2-4-8(9)12/h2-4,6,10H,5,14H2,1H3. The predicted molar refractivity (Wildman–Crippen MR) is 61.2 cm³/mol. The quantitative estimate of drug-likeness (QED) is 0.897. The molecule has 1 aromatic rings. The van der Waals surface area contributed by atoms with E-state index in [2.05, 4.69) is 15.9 Å². The molecule has 0 spiro atoms. The zero-order valence-corrected chi connectivity index (χ0v) is 10.1. The van der Waals surface area contributed by atoms with E-state index in [1.165, 1.54) is 0 Å². The van der Waals surface area contributed by atoms with Gasteiger partial charge < -0.3 is 5.73 Å². The Balaban J connectivity index is 3.05. The fourth-order valence-corrected chi connectivity index (χ4v) is 2.16. The lowest BCUT2D eigenvalue weighted by molar-refractivity contribution is 0.251. The summed E-state index contributed by atoms with van der Waals surface area (Å²) in [6.07, 6.45) is -1.12. The van der Waals surface area contributed by atoms with Crippen molar-refractivity contribution in [3.8, 4) is 0 Å². The maximum Gasteiger partial charge on any atom is 0.131 e. The molecule has 0 saturated carbocycles. The maximum atomic E-state index is 13.9. The number of hydrogen-bond acceptors (Lipinski definition) is 1. The van der Waals surface area contributed by atoms with E-state index in [0.717, 1.165) is 0 Å². The van der Waals surface area contributed by atoms with Crippen molar-refractivity contribution in [3.05, 3.63) is 33.3 Å². The van der Waals surface area contributed by atoms with Crippen LogP contribution in [0.15, 0.2) is 22.7 Å². The Labute approximate surface area is 96.6 Å². The van der Waals surface area contributed by atoms with Gasteiger partial charge in [-0.25, -0.2) is 4.39 Å². The third-order valence-electron chi connectivity index (χ3n) is 2.15. The van der Waals surface area contributed by atoms with E-state index < -0.39 is 6.17 Å². The first-order valence-electron chi connectivity index (χ1n) is 4.36. The molecule has 0 radical (unpaired) electrons. The van der Waals surface area contributed by atoms with Crippen molar-refractivity contribution in [3.63, 3.8) is 0 Å².